The third kappa shape index (κ3) is 4.71. The average molecular weight is 468 g/mol. The fraction of sp³-hybridized carbons (Fsp3) is 0.500. The number of hydrogen-bond donors (Lipinski definition) is 2. The van der Waals surface area contributed by atoms with E-state index in [9.17, 15) is 9.59 Å². The van der Waals surface area contributed by atoms with Crippen molar-refractivity contribution in [3.05, 3.63) is 40.6 Å². The van der Waals surface area contributed by atoms with Crippen LogP contribution in [0, 0.1) is 6.92 Å². The van der Waals surface area contributed by atoms with Crippen molar-refractivity contribution < 1.29 is 9.53 Å². The predicted molar refractivity (Wildman–Crippen MR) is 132 cm³/mol. The monoisotopic (exact) mass is 467 g/mol. The summed E-state index contributed by atoms with van der Waals surface area (Å²) in [6, 6.07) is 3.86. The summed E-state index contributed by atoms with van der Waals surface area (Å²) >= 11 is 0. The highest BCUT2D eigenvalue weighted by Crippen LogP contribution is 2.35. The number of nitrogens with one attached hydrogen (secondary N) is 1. The average Bonchev–Trinajstić information content (AvgIpc) is 3.15. The molecule has 10 nitrogen and oxygen atoms in total. The van der Waals surface area contributed by atoms with E-state index >= 15 is 0 Å². The fourth-order valence-electron chi connectivity index (χ4n) is 4.44. The number of amides is 1. The van der Waals surface area contributed by atoms with E-state index in [2.05, 4.69) is 20.3 Å². The minimum absolute atomic E-state index is 0.00596. The number of alkyl carbamates (subject to hydrolysis) is 1. The summed E-state index contributed by atoms with van der Waals surface area (Å²) < 4.78 is 8.90. The SMILES string of the molecule is CCn1cc(-c2cc(N3CCC[C@@H](NC(=O)OC(C)(C)C)C3)c3c(N)ncnn23)cc(C)c1=O. The summed E-state index contributed by atoms with van der Waals surface area (Å²) in [4.78, 5) is 31.2. The predicted octanol–water partition coefficient (Wildman–Crippen LogP) is 2.96. The second-order valence-corrected chi connectivity index (χ2v) is 9.75. The van der Waals surface area contributed by atoms with Gasteiger partial charge in [0, 0.05) is 43.0 Å². The third-order valence-electron chi connectivity index (χ3n) is 5.95. The van der Waals surface area contributed by atoms with Crippen LogP contribution in [-0.2, 0) is 11.3 Å². The molecule has 0 radical (unpaired) electrons. The maximum Gasteiger partial charge on any atom is 0.407 e. The molecule has 3 N–H and O–H groups in total. The van der Waals surface area contributed by atoms with Gasteiger partial charge in [0.25, 0.3) is 5.56 Å². The number of carbonyl (C=O) groups excluding carboxylic acids is 1. The molecule has 1 aliphatic rings. The summed E-state index contributed by atoms with van der Waals surface area (Å²) in [5.74, 6) is 0.374. The fourth-order valence-corrected chi connectivity index (χ4v) is 4.44. The van der Waals surface area contributed by atoms with Crippen LogP contribution in [0.1, 0.15) is 46.1 Å². The van der Waals surface area contributed by atoms with Crippen molar-refractivity contribution in [2.75, 3.05) is 23.7 Å². The summed E-state index contributed by atoms with van der Waals surface area (Å²) in [7, 11) is 0. The van der Waals surface area contributed by atoms with Crippen LogP contribution < -0.4 is 21.5 Å². The Morgan fingerprint density at radius 3 is 2.79 bits per heavy atom. The number of fused-ring (bicyclic) bond motifs is 1. The molecule has 1 saturated heterocycles. The number of hydrogen-bond acceptors (Lipinski definition) is 7. The Balaban J connectivity index is 1.71. The van der Waals surface area contributed by atoms with E-state index in [4.69, 9.17) is 10.5 Å². The quantitative estimate of drug-likeness (QED) is 0.605. The van der Waals surface area contributed by atoms with Gasteiger partial charge >= 0.3 is 6.09 Å². The van der Waals surface area contributed by atoms with Gasteiger partial charge < -0.3 is 25.3 Å². The Labute approximate surface area is 198 Å². The molecule has 0 spiro atoms. The molecule has 4 rings (SSSR count). The molecule has 3 aromatic heterocycles. The Kier molecular flexibility index (Phi) is 6.24. The van der Waals surface area contributed by atoms with Crippen molar-refractivity contribution in [3.8, 4) is 11.3 Å². The maximum atomic E-state index is 12.4. The Morgan fingerprint density at radius 1 is 1.32 bits per heavy atom. The second-order valence-electron chi connectivity index (χ2n) is 9.75. The molecule has 1 atom stereocenters. The number of nitrogens with two attached hydrogens (primary N) is 1. The molecule has 0 saturated carbocycles. The minimum atomic E-state index is -0.551. The molecule has 0 bridgehead atoms. The Morgan fingerprint density at radius 2 is 2.09 bits per heavy atom. The van der Waals surface area contributed by atoms with Crippen LogP contribution in [0.25, 0.3) is 16.8 Å². The smallest absolute Gasteiger partial charge is 0.407 e. The van der Waals surface area contributed by atoms with E-state index < -0.39 is 11.7 Å². The summed E-state index contributed by atoms with van der Waals surface area (Å²) in [6.07, 6.45) is 4.63. The molecular formula is C24H33N7O3. The van der Waals surface area contributed by atoms with Crippen LogP contribution in [0.4, 0.5) is 16.3 Å². The van der Waals surface area contributed by atoms with Gasteiger partial charge in [-0.05, 0) is 59.6 Å². The first kappa shape index (κ1) is 23.6. The highest BCUT2D eigenvalue weighted by Gasteiger charge is 2.27. The van der Waals surface area contributed by atoms with Crippen LogP contribution in [0.15, 0.2) is 29.5 Å². The van der Waals surface area contributed by atoms with Crippen LogP contribution in [-0.4, -0.2) is 50.0 Å². The molecule has 4 heterocycles. The van der Waals surface area contributed by atoms with Crippen molar-refractivity contribution in [2.45, 2.75) is 65.6 Å². The highest BCUT2D eigenvalue weighted by molar-refractivity contribution is 5.88. The van der Waals surface area contributed by atoms with Gasteiger partial charge in [0.15, 0.2) is 5.82 Å². The van der Waals surface area contributed by atoms with E-state index in [0.717, 1.165) is 36.3 Å². The third-order valence-corrected chi connectivity index (χ3v) is 5.95. The minimum Gasteiger partial charge on any atom is -0.444 e. The van der Waals surface area contributed by atoms with Crippen molar-refractivity contribution in [3.63, 3.8) is 0 Å². The van der Waals surface area contributed by atoms with Gasteiger partial charge in [-0.3, -0.25) is 4.79 Å². The lowest BCUT2D eigenvalue weighted by atomic mass is 10.0. The molecule has 0 aromatic carbocycles. The Bertz CT molecular complexity index is 1270. The summed E-state index contributed by atoms with van der Waals surface area (Å²) in [5.41, 5.74) is 9.72. The summed E-state index contributed by atoms with van der Waals surface area (Å²) in [6.45, 7) is 11.3. The standard InChI is InChI=1S/C24H33N7O3/c1-6-29-12-16(10-15(2)22(29)32)18-11-19(20-21(25)26-14-27-31(18)20)30-9-7-8-17(13-30)28-23(33)34-24(3,4)5/h10-12,14,17H,6-9,13H2,1-5H3,(H,28,33)(H2,25,26,27)/t17-/m1/s1. The lowest BCUT2D eigenvalue weighted by Crippen LogP contribution is -2.49. The second kappa shape index (κ2) is 9.00. The number of piperidine rings is 1. The molecular weight excluding hydrogens is 434 g/mol. The normalized spacial score (nSPS) is 16.6. The zero-order valence-corrected chi connectivity index (χ0v) is 20.5. The van der Waals surface area contributed by atoms with Crippen LogP contribution in [0.5, 0.6) is 0 Å². The number of anilines is 2. The van der Waals surface area contributed by atoms with Crippen molar-refractivity contribution in [1.29, 1.82) is 0 Å². The van der Waals surface area contributed by atoms with Gasteiger partial charge in [0.05, 0.1) is 11.4 Å². The number of carbonyl (C=O) groups is 1. The highest BCUT2D eigenvalue weighted by atomic mass is 16.6. The number of nitrogen functional groups attached to an aromatic ring is 1. The van der Waals surface area contributed by atoms with E-state index in [1.165, 1.54) is 6.33 Å². The number of aryl methyl sites for hydroxylation is 2. The van der Waals surface area contributed by atoms with Crippen molar-refractivity contribution >= 4 is 23.1 Å². The van der Waals surface area contributed by atoms with Gasteiger partial charge in [-0.2, -0.15) is 5.10 Å². The molecule has 1 fully saturated rings. The van der Waals surface area contributed by atoms with E-state index in [-0.39, 0.29) is 11.6 Å². The van der Waals surface area contributed by atoms with Gasteiger partial charge in [-0.1, -0.05) is 0 Å². The van der Waals surface area contributed by atoms with Crippen LogP contribution >= 0.6 is 0 Å². The molecule has 1 amide bonds. The number of pyridine rings is 1. The molecule has 0 aliphatic carbocycles. The van der Waals surface area contributed by atoms with Crippen molar-refractivity contribution in [1.82, 2.24) is 24.5 Å². The van der Waals surface area contributed by atoms with Gasteiger partial charge in [-0.15, -0.1) is 0 Å². The van der Waals surface area contributed by atoms with Gasteiger partial charge in [-0.25, -0.2) is 14.3 Å². The molecule has 182 valence electrons. The first-order valence-corrected chi connectivity index (χ1v) is 11.7. The molecule has 10 heteroatoms. The first-order chi connectivity index (χ1) is 16.1. The van der Waals surface area contributed by atoms with E-state index in [0.29, 0.717) is 30.0 Å². The van der Waals surface area contributed by atoms with Crippen LogP contribution in [0.2, 0.25) is 0 Å². The lowest BCUT2D eigenvalue weighted by molar-refractivity contribution is 0.0500. The first-order valence-electron chi connectivity index (χ1n) is 11.7. The number of rotatable bonds is 4. The largest absolute Gasteiger partial charge is 0.444 e. The molecule has 1 aliphatic heterocycles. The van der Waals surface area contributed by atoms with Crippen molar-refractivity contribution in [2.24, 2.45) is 0 Å². The van der Waals surface area contributed by atoms with E-state index in [1.54, 1.807) is 9.08 Å². The Hall–Kier alpha value is -3.56. The van der Waals surface area contributed by atoms with Crippen LogP contribution in [0.3, 0.4) is 0 Å². The summed E-state index contributed by atoms with van der Waals surface area (Å²) in [5, 5.41) is 7.47. The topological polar surface area (TPSA) is 120 Å². The molecule has 0 unspecified atom stereocenters. The number of nitrogens with zero attached hydrogens (tertiary/aromatic N) is 5. The van der Waals surface area contributed by atoms with Gasteiger partial charge in [0.1, 0.15) is 17.4 Å². The zero-order valence-electron chi connectivity index (χ0n) is 20.5. The van der Waals surface area contributed by atoms with Gasteiger partial charge in [0.2, 0.25) is 0 Å². The zero-order chi connectivity index (χ0) is 24.6. The number of ether oxygens (including phenoxy) is 1. The maximum absolute atomic E-state index is 12.4. The molecule has 3 aromatic rings. The van der Waals surface area contributed by atoms with E-state index in [1.807, 2.05) is 52.9 Å². The lowest BCUT2D eigenvalue weighted by Gasteiger charge is -2.34. The molecule has 34 heavy (non-hydrogen) atoms. The number of aromatic nitrogens is 4.